The van der Waals surface area contributed by atoms with Gasteiger partial charge in [0.1, 0.15) is 10.6 Å². The molecular weight excluding hydrogens is 280 g/mol. The second kappa shape index (κ2) is 4.71. The van der Waals surface area contributed by atoms with Crippen molar-refractivity contribution in [2.45, 2.75) is 18.7 Å². The van der Waals surface area contributed by atoms with Crippen LogP contribution in [0.5, 0.6) is 5.75 Å². The molecule has 8 heteroatoms. The molecule has 1 aromatic heterocycles. The van der Waals surface area contributed by atoms with Crippen LogP contribution < -0.4 is 10.5 Å². The SMILES string of the molecule is Cc1nn(C)c(C)c1S(=O)(=O)Nc1ccc(O)cc1N. The molecule has 0 aliphatic rings. The average Bonchev–Trinajstić information content (AvgIpc) is 2.57. The third-order valence-electron chi connectivity index (χ3n) is 2.99. The van der Waals surface area contributed by atoms with Crippen LogP contribution in [0.25, 0.3) is 0 Å². The Labute approximate surface area is 117 Å². The maximum Gasteiger partial charge on any atom is 0.265 e. The lowest BCUT2D eigenvalue weighted by Gasteiger charge is -2.10. The molecule has 0 amide bonds. The maximum atomic E-state index is 12.4. The number of nitrogen functional groups attached to an aromatic ring is 1. The van der Waals surface area contributed by atoms with Crippen molar-refractivity contribution in [3.05, 3.63) is 29.6 Å². The van der Waals surface area contributed by atoms with Crippen molar-refractivity contribution in [1.29, 1.82) is 0 Å². The van der Waals surface area contributed by atoms with Crippen LogP contribution in [0.1, 0.15) is 11.4 Å². The molecular formula is C12H16N4O3S. The molecule has 0 unspecified atom stereocenters. The third kappa shape index (κ3) is 2.42. The van der Waals surface area contributed by atoms with Gasteiger partial charge in [0.15, 0.2) is 0 Å². The molecule has 0 fully saturated rings. The van der Waals surface area contributed by atoms with Gasteiger partial charge in [-0.2, -0.15) is 5.10 Å². The standard InChI is InChI=1S/C12H16N4O3S/c1-7-12(8(2)16(3)14-7)20(18,19)15-11-5-4-9(17)6-10(11)13/h4-6,15,17H,13H2,1-3H3. The van der Waals surface area contributed by atoms with E-state index in [9.17, 15) is 13.5 Å². The lowest BCUT2D eigenvalue weighted by atomic mass is 10.2. The number of benzene rings is 1. The van der Waals surface area contributed by atoms with Gasteiger partial charge in [0.2, 0.25) is 0 Å². The van der Waals surface area contributed by atoms with E-state index in [0.29, 0.717) is 11.4 Å². The number of aromatic hydroxyl groups is 1. The Balaban J connectivity index is 2.46. The highest BCUT2D eigenvalue weighted by atomic mass is 32.2. The predicted molar refractivity (Wildman–Crippen MR) is 76.0 cm³/mol. The molecule has 108 valence electrons. The summed E-state index contributed by atoms with van der Waals surface area (Å²) >= 11 is 0. The van der Waals surface area contributed by atoms with Gasteiger partial charge in [-0.25, -0.2) is 8.42 Å². The lowest BCUT2D eigenvalue weighted by Crippen LogP contribution is -2.15. The van der Waals surface area contributed by atoms with Crippen LogP contribution in [0.2, 0.25) is 0 Å². The average molecular weight is 296 g/mol. The first kappa shape index (κ1) is 14.2. The van der Waals surface area contributed by atoms with E-state index in [4.69, 9.17) is 5.73 Å². The first-order valence-electron chi connectivity index (χ1n) is 5.84. The largest absolute Gasteiger partial charge is 0.508 e. The monoisotopic (exact) mass is 296 g/mol. The highest BCUT2D eigenvalue weighted by Gasteiger charge is 2.24. The number of hydrogen-bond donors (Lipinski definition) is 3. The molecule has 0 aliphatic heterocycles. The Bertz CT molecular complexity index is 765. The summed E-state index contributed by atoms with van der Waals surface area (Å²) < 4.78 is 28.7. The van der Waals surface area contributed by atoms with Crippen LogP contribution in [0.15, 0.2) is 23.1 Å². The van der Waals surface area contributed by atoms with Crippen molar-refractivity contribution >= 4 is 21.4 Å². The van der Waals surface area contributed by atoms with E-state index < -0.39 is 10.0 Å². The van der Waals surface area contributed by atoms with Gasteiger partial charge in [-0.3, -0.25) is 9.40 Å². The summed E-state index contributed by atoms with van der Waals surface area (Å²) in [5.41, 5.74) is 6.99. The van der Waals surface area contributed by atoms with Crippen molar-refractivity contribution in [3.8, 4) is 5.75 Å². The van der Waals surface area contributed by atoms with Gasteiger partial charge in [0.25, 0.3) is 10.0 Å². The first-order valence-corrected chi connectivity index (χ1v) is 7.32. The van der Waals surface area contributed by atoms with Crippen molar-refractivity contribution in [1.82, 2.24) is 9.78 Å². The zero-order valence-electron chi connectivity index (χ0n) is 11.4. The second-order valence-electron chi connectivity index (χ2n) is 4.50. The summed E-state index contributed by atoms with van der Waals surface area (Å²) in [5.74, 6) is -0.0285. The number of anilines is 2. The number of nitrogens with zero attached hydrogens (tertiary/aromatic N) is 2. The Hall–Kier alpha value is -2.22. The Morgan fingerprint density at radius 1 is 1.35 bits per heavy atom. The van der Waals surface area contributed by atoms with Crippen molar-refractivity contribution < 1.29 is 13.5 Å². The predicted octanol–water partition coefficient (Wildman–Crippen LogP) is 1.13. The molecule has 0 spiro atoms. The van der Waals surface area contributed by atoms with E-state index in [1.54, 1.807) is 20.9 Å². The molecule has 0 radical (unpaired) electrons. The van der Waals surface area contributed by atoms with Crippen LogP contribution in [-0.2, 0) is 17.1 Å². The fraction of sp³-hybridized carbons (Fsp3) is 0.250. The number of hydrogen-bond acceptors (Lipinski definition) is 5. The van der Waals surface area contributed by atoms with Gasteiger partial charge >= 0.3 is 0 Å². The Morgan fingerprint density at radius 3 is 2.50 bits per heavy atom. The third-order valence-corrected chi connectivity index (χ3v) is 4.61. The molecule has 7 nitrogen and oxygen atoms in total. The van der Waals surface area contributed by atoms with Crippen LogP contribution in [0, 0.1) is 13.8 Å². The van der Waals surface area contributed by atoms with Crippen molar-refractivity contribution in [3.63, 3.8) is 0 Å². The summed E-state index contributed by atoms with van der Waals surface area (Å²) in [6.45, 7) is 3.30. The van der Waals surface area contributed by atoms with Crippen molar-refractivity contribution in [2.24, 2.45) is 7.05 Å². The molecule has 1 aromatic carbocycles. The summed E-state index contributed by atoms with van der Waals surface area (Å²) in [6, 6.07) is 4.04. The number of aromatic nitrogens is 2. The summed E-state index contributed by atoms with van der Waals surface area (Å²) in [7, 11) is -2.11. The molecule has 1 heterocycles. The second-order valence-corrected chi connectivity index (χ2v) is 6.12. The molecule has 0 aliphatic carbocycles. The summed E-state index contributed by atoms with van der Waals surface area (Å²) in [5, 5.41) is 13.4. The molecule has 4 N–H and O–H groups in total. The van der Waals surface area contributed by atoms with Gasteiger partial charge in [-0.05, 0) is 26.0 Å². The fourth-order valence-corrected chi connectivity index (χ4v) is 3.51. The highest BCUT2D eigenvalue weighted by Crippen LogP contribution is 2.27. The zero-order chi connectivity index (χ0) is 15.1. The Morgan fingerprint density at radius 2 is 2.00 bits per heavy atom. The quantitative estimate of drug-likeness (QED) is 0.581. The van der Waals surface area contributed by atoms with E-state index in [1.807, 2.05) is 0 Å². The molecule has 20 heavy (non-hydrogen) atoms. The number of phenolic OH excluding ortho intramolecular Hbond substituents is 1. The number of rotatable bonds is 3. The lowest BCUT2D eigenvalue weighted by molar-refractivity contribution is 0.475. The Kier molecular flexibility index (Phi) is 3.34. The number of nitrogens with one attached hydrogen (secondary N) is 1. The zero-order valence-corrected chi connectivity index (χ0v) is 12.2. The van der Waals surface area contributed by atoms with E-state index in [0.717, 1.165) is 0 Å². The fourth-order valence-electron chi connectivity index (χ4n) is 1.98. The van der Waals surface area contributed by atoms with Gasteiger partial charge in [0.05, 0.1) is 22.8 Å². The van der Waals surface area contributed by atoms with Gasteiger partial charge < -0.3 is 10.8 Å². The molecule has 0 atom stereocenters. The summed E-state index contributed by atoms with van der Waals surface area (Å²) in [4.78, 5) is 0.132. The van der Waals surface area contributed by atoms with Crippen LogP contribution in [-0.4, -0.2) is 23.3 Å². The normalized spacial score (nSPS) is 11.6. The molecule has 2 rings (SSSR count). The highest BCUT2D eigenvalue weighted by molar-refractivity contribution is 7.92. The van der Waals surface area contributed by atoms with E-state index >= 15 is 0 Å². The minimum Gasteiger partial charge on any atom is -0.508 e. The minimum absolute atomic E-state index is 0.0285. The van der Waals surface area contributed by atoms with E-state index in [2.05, 4.69) is 9.82 Å². The van der Waals surface area contributed by atoms with Crippen LogP contribution in [0.4, 0.5) is 11.4 Å². The van der Waals surface area contributed by atoms with Crippen LogP contribution in [0.3, 0.4) is 0 Å². The number of nitrogens with two attached hydrogens (primary N) is 1. The summed E-state index contributed by atoms with van der Waals surface area (Å²) in [6.07, 6.45) is 0. The first-order chi connectivity index (χ1) is 9.22. The number of aryl methyl sites for hydroxylation is 2. The molecule has 2 aromatic rings. The molecule has 0 saturated heterocycles. The van der Waals surface area contributed by atoms with Crippen LogP contribution >= 0.6 is 0 Å². The van der Waals surface area contributed by atoms with Crippen molar-refractivity contribution in [2.75, 3.05) is 10.5 Å². The number of phenols is 1. The van der Waals surface area contributed by atoms with Gasteiger partial charge in [0, 0.05) is 13.1 Å². The smallest absolute Gasteiger partial charge is 0.265 e. The van der Waals surface area contributed by atoms with E-state index in [-0.39, 0.29) is 22.0 Å². The van der Waals surface area contributed by atoms with E-state index in [1.165, 1.54) is 22.9 Å². The van der Waals surface area contributed by atoms with Gasteiger partial charge in [-0.1, -0.05) is 0 Å². The van der Waals surface area contributed by atoms with Gasteiger partial charge in [-0.15, -0.1) is 0 Å². The molecule has 0 saturated carbocycles. The number of sulfonamides is 1. The minimum atomic E-state index is -3.78. The maximum absolute atomic E-state index is 12.4. The topological polar surface area (TPSA) is 110 Å². The molecule has 0 bridgehead atoms.